The fourth-order valence-corrected chi connectivity index (χ4v) is 2.59. The normalized spacial score (nSPS) is 9.68. The molecule has 0 fully saturated rings. The minimum Gasteiger partial charge on any atom is -0.298 e. The summed E-state index contributed by atoms with van der Waals surface area (Å²) in [7, 11) is 0. The average molecular weight is 460 g/mol. The Morgan fingerprint density at radius 1 is 0.760 bits per heavy atom. The third kappa shape index (κ3) is 6.77. The molecule has 0 atom stereocenters. The molecule has 0 radical (unpaired) electrons. The molecular formula is C21H16Br2O2. The van der Waals surface area contributed by atoms with Crippen LogP contribution in [0.5, 0.6) is 0 Å². The zero-order valence-corrected chi connectivity index (χ0v) is 16.5. The molecule has 25 heavy (non-hydrogen) atoms. The second kappa shape index (κ2) is 10.1. The van der Waals surface area contributed by atoms with Crippen molar-refractivity contribution in [1.29, 1.82) is 0 Å². The molecule has 0 aromatic heterocycles. The van der Waals surface area contributed by atoms with Crippen LogP contribution >= 0.6 is 31.9 Å². The summed E-state index contributed by atoms with van der Waals surface area (Å²) in [5.74, 6) is 0.152. The number of carbonyl (C=O) groups is 2. The number of carbonyl (C=O) groups excluding carboxylic acids is 2. The molecule has 0 N–H and O–H groups in total. The lowest BCUT2D eigenvalue weighted by Crippen LogP contribution is -2.02. The van der Waals surface area contributed by atoms with E-state index in [-0.39, 0.29) is 5.78 Å². The minimum atomic E-state index is 0.152. The zero-order valence-electron chi connectivity index (χ0n) is 13.4. The van der Waals surface area contributed by atoms with Crippen molar-refractivity contribution in [2.45, 2.75) is 6.42 Å². The van der Waals surface area contributed by atoms with Crippen molar-refractivity contribution in [3.8, 4) is 0 Å². The van der Waals surface area contributed by atoms with Crippen LogP contribution in [0.2, 0.25) is 0 Å². The van der Waals surface area contributed by atoms with Crippen LogP contribution in [0, 0.1) is 0 Å². The summed E-state index contributed by atoms with van der Waals surface area (Å²) in [6.07, 6.45) is 1.29. The second-order valence-electron chi connectivity index (χ2n) is 5.26. The Morgan fingerprint density at radius 3 is 1.80 bits per heavy atom. The van der Waals surface area contributed by atoms with Crippen LogP contribution in [0.4, 0.5) is 0 Å². The number of rotatable bonds is 4. The van der Waals surface area contributed by atoms with Gasteiger partial charge in [-0.3, -0.25) is 9.59 Å². The predicted octanol–water partition coefficient (Wildman–Crippen LogP) is 6.14. The SMILES string of the molecule is O=C(Cc1ccccc1)c1ccc(Br)cc1.O=Cc1ccc(Br)cc1. The lowest BCUT2D eigenvalue weighted by atomic mass is 10.0. The van der Waals surface area contributed by atoms with E-state index < -0.39 is 0 Å². The molecule has 0 aliphatic heterocycles. The second-order valence-corrected chi connectivity index (χ2v) is 7.09. The van der Waals surface area contributed by atoms with Crippen LogP contribution in [0.15, 0.2) is 87.8 Å². The molecule has 0 aliphatic rings. The van der Waals surface area contributed by atoms with Crippen molar-refractivity contribution >= 4 is 43.9 Å². The van der Waals surface area contributed by atoms with Gasteiger partial charge in [0.15, 0.2) is 5.78 Å². The fourth-order valence-electron chi connectivity index (χ4n) is 2.06. The van der Waals surface area contributed by atoms with Gasteiger partial charge in [0, 0.05) is 26.5 Å². The number of benzene rings is 3. The van der Waals surface area contributed by atoms with E-state index in [1.165, 1.54) is 0 Å². The molecule has 0 saturated carbocycles. The maximum atomic E-state index is 11.9. The molecule has 3 rings (SSSR count). The highest BCUT2D eigenvalue weighted by Crippen LogP contribution is 2.13. The smallest absolute Gasteiger partial charge is 0.167 e. The molecular weight excluding hydrogens is 444 g/mol. The number of ketones is 1. The molecule has 2 nitrogen and oxygen atoms in total. The molecule has 3 aromatic carbocycles. The molecule has 0 spiro atoms. The van der Waals surface area contributed by atoms with Crippen molar-refractivity contribution in [2.24, 2.45) is 0 Å². The molecule has 0 unspecified atom stereocenters. The van der Waals surface area contributed by atoms with E-state index in [1.54, 1.807) is 12.1 Å². The van der Waals surface area contributed by atoms with Crippen molar-refractivity contribution in [1.82, 2.24) is 0 Å². The summed E-state index contributed by atoms with van der Waals surface area (Å²) < 4.78 is 1.98. The van der Waals surface area contributed by atoms with Gasteiger partial charge in [0.25, 0.3) is 0 Å². The fraction of sp³-hybridized carbons (Fsp3) is 0.0476. The Morgan fingerprint density at radius 2 is 1.28 bits per heavy atom. The van der Waals surface area contributed by atoms with Gasteiger partial charge in [-0.2, -0.15) is 0 Å². The third-order valence-electron chi connectivity index (χ3n) is 3.38. The van der Waals surface area contributed by atoms with Crippen LogP contribution < -0.4 is 0 Å². The Kier molecular flexibility index (Phi) is 7.76. The number of Topliss-reactive ketones (excluding diaryl/α,β-unsaturated/α-hetero) is 1. The summed E-state index contributed by atoms with van der Waals surface area (Å²) in [6.45, 7) is 0. The molecule has 0 saturated heterocycles. The molecule has 3 aromatic rings. The maximum Gasteiger partial charge on any atom is 0.167 e. The van der Waals surface area contributed by atoms with E-state index in [4.69, 9.17) is 0 Å². The Hall–Kier alpha value is -2.04. The highest BCUT2D eigenvalue weighted by atomic mass is 79.9. The molecule has 0 amide bonds. The first-order valence-corrected chi connectivity index (χ1v) is 9.20. The molecule has 0 heterocycles. The van der Waals surface area contributed by atoms with Gasteiger partial charge in [-0.25, -0.2) is 0 Å². The van der Waals surface area contributed by atoms with Gasteiger partial charge in [0.2, 0.25) is 0 Å². The van der Waals surface area contributed by atoms with Crippen molar-refractivity contribution in [3.05, 3.63) is 104 Å². The quantitative estimate of drug-likeness (QED) is 0.347. The highest BCUT2D eigenvalue weighted by molar-refractivity contribution is 9.10. The number of aldehydes is 1. The van der Waals surface area contributed by atoms with Gasteiger partial charge >= 0.3 is 0 Å². The topological polar surface area (TPSA) is 34.1 Å². The Bertz CT molecular complexity index is 811. The molecule has 0 aliphatic carbocycles. The zero-order chi connectivity index (χ0) is 18.1. The average Bonchev–Trinajstić information content (AvgIpc) is 2.64. The monoisotopic (exact) mass is 458 g/mol. The standard InChI is InChI=1S/C14H11BrO.C7H5BrO/c15-13-8-6-12(7-9-13)14(16)10-11-4-2-1-3-5-11;8-7-3-1-6(5-9)2-4-7/h1-9H,10H2;1-5H. The Labute approximate surface area is 164 Å². The van der Waals surface area contributed by atoms with E-state index >= 15 is 0 Å². The van der Waals surface area contributed by atoms with Gasteiger partial charge < -0.3 is 0 Å². The van der Waals surface area contributed by atoms with Crippen molar-refractivity contribution < 1.29 is 9.59 Å². The summed E-state index contributed by atoms with van der Waals surface area (Å²) in [6, 6.07) is 24.4. The van der Waals surface area contributed by atoms with Gasteiger partial charge in [-0.05, 0) is 29.8 Å². The van der Waals surface area contributed by atoms with Crippen molar-refractivity contribution in [2.75, 3.05) is 0 Å². The maximum absolute atomic E-state index is 11.9. The van der Waals surface area contributed by atoms with Crippen molar-refractivity contribution in [3.63, 3.8) is 0 Å². The van der Waals surface area contributed by atoms with Crippen LogP contribution in [-0.2, 0) is 6.42 Å². The molecule has 0 bridgehead atoms. The third-order valence-corrected chi connectivity index (χ3v) is 4.44. The van der Waals surface area contributed by atoms with Crippen LogP contribution in [0.25, 0.3) is 0 Å². The highest BCUT2D eigenvalue weighted by Gasteiger charge is 2.06. The van der Waals surface area contributed by atoms with Gasteiger partial charge in [-0.15, -0.1) is 0 Å². The lowest BCUT2D eigenvalue weighted by Gasteiger charge is -2.01. The summed E-state index contributed by atoms with van der Waals surface area (Å²) in [5, 5.41) is 0. The van der Waals surface area contributed by atoms with E-state index in [0.717, 1.165) is 26.4 Å². The number of halogens is 2. The molecule has 4 heteroatoms. The number of hydrogen-bond donors (Lipinski definition) is 0. The van der Waals surface area contributed by atoms with Gasteiger partial charge in [-0.1, -0.05) is 86.5 Å². The van der Waals surface area contributed by atoms with Crippen LogP contribution in [0.1, 0.15) is 26.3 Å². The summed E-state index contributed by atoms with van der Waals surface area (Å²) in [5.41, 5.74) is 2.51. The first kappa shape index (κ1) is 19.3. The largest absolute Gasteiger partial charge is 0.298 e. The van der Waals surface area contributed by atoms with E-state index in [9.17, 15) is 9.59 Å². The van der Waals surface area contributed by atoms with Crippen LogP contribution in [-0.4, -0.2) is 12.1 Å². The first-order valence-electron chi connectivity index (χ1n) is 7.62. The van der Waals surface area contributed by atoms with Gasteiger partial charge in [0.05, 0.1) is 0 Å². The first-order chi connectivity index (χ1) is 12.1. The Balaban J connectivity index is 0.000000212. The van der Waals surface area contributed by atoms with E-state index in [0.29, 0.717) is 12.0 Å². The number of hydrogen-bond acceptors (Lipinski definition) is 2. The van der Waals surface area contributed by atoms with Crippen LogP contribution in [0.3, 0.4) is 0 Å². The minimum absolute atomic E-state index is 0.152. The lowest BCUT2D eigenvalue weighted by molar-refractivity contribution is 0.0992. The van der Waals surface area contributed by atoms with E-state index in [2.05, 4.69) is 31.9 Å². The van der Waals surface area contributed by atoms with Gasteiger partial charge in [0.1, 0.15) is 6.29 Å². The summed E-state index contributed by atoms with van der Waals surface area (Å²) >= 11 is 6.61. The van der Waals surface area contributed by atoms with E-state index in [1.807, 2.05) is 66.7 Å². The predicted molar refractivity (Wildman–Crippen MR) is 108 cm³/mol. The summed E-state index contributed by atoms with van der Waals surface area (Å²) in [4.78, 5) is 22.0. The molecule has 126 valence electrons.